The van der Waals surface area contributed by atoms with Gasteiger partial charge in [0, 0.05) is 36.1 Å². The standard InChI is InChI=1S/C25H30N2/c1-18-7-11-24(12-8-18)27-14-13-22-9-10-23(16-25(22)20(27)3)26-17-21-6-4-5-19(2)15-21/h4-6,9-10,15-16,24,26H,1,3,7-8,11-14,17H2,2H3. The van der Waals surface area contributed by atoms with Crippen molar-refractivity contribution in [3.63, 3.8) is 0 Å². The Kier molecular flexibility index (Phi) is 5.07. The van der Waals surface area contributed by atoms with Crippen molar-refractivity contribution >= 4 is 11.4 Å². The van der Waals surface area contributed by atoms with Gasteiger partial charge in [-0.3, -0.25) is 0 Å². The van der Waals surface area contributed by atoms with Crippen molar-refractivity contribution in [2.45, 2.75) is 51.6 Å². The van der Waals surface area contributed by atoms with Crippen molar-refractivity contribution in [2.75, 3.05) is 11.9 Å². The summed E-state index contributed by atoms with van der Waals surface area (Å²) in [6.45, 7) is 12.7. The molecular formula is C25H30N2. The van der Waals surface area contributed by atoms with Crippen molar-refractivity contribution < 1.29 is 0 Å². The first-order valence-electron chi connectivity index (χ1n) is 10.1. The molecule has 1 saturated carbocycles. The van der Waals surface area contributed by atoms with Crippen LogP contribution < -0.4 is 5.32 Å². The molecule has 2 aliphatic rings. The van der Waals surface area contributed by atoms with E-state index in [1.165, 1.54) is 64.9 Å². The van der Waals surface area contributed by atoms with Crippen LogP contribution in [0.25, 0.3) is 5.70 Å². The minimum Gasteiger partial charge on any atom is -0.381 e. The molecule has 0 atom stereocenters. The van der Waals surface area contributed by atoms with Gasteiger partial charge in [0.05, 0.1) is 0 Å². The van der Waals surface area contributed by atoms with E-state index in [0.29, 0.717) is 6.04 Å². The molecule has 1 N–H and O–H groups in total. The number of hydrogen-bond acceptors (Lipinski definition) is 2. The lowest BCUT2D eigenvalue weighted by Gasteiger charge is -2.41. The second kappa shape index (κ2) is 7.64. The van der Waals surface area contributed by atoms with Gasteiger partial charge >= 0.3 is 0 Å². The van der Waals surface area contributed by atoms with Crippen LogP contribution in [0.1, 0.15) is 47.9 Å². The zero-order valence-corrected chi connectivity index (χ0v) is 16.4. The normalized spacial score (nSPS) is 17.7. The third kappa shape index (κ3) is 3.95. The average molecular weight is 359 g/mol. The van der Waals surface area contributed by atoms with Crippen molar-refractivity contribution in [2.24, 2.45) is 0 Å². The first-order valence-corrected chi connectivity index (χ1v) is 10.1. The molecule has 0 aromatic heterocycles. The highest BCUT2D eigenvalue weighted by Crippen LogP contribution is 2.35. The Morgan fingerprint density at radius 3 is 2.63 bits per heavy atom. The van der Waals surface area contributed by atoms with Gasteiger partial charge in [0.15, 0.2) is 0 Å². The smallest absolute Gasteiger partial charge is 0.0400 e. The summed E-state index contributed by atoms with van der Waals surface area (Å²) in [4.78, 5) is 2.55. The highest BCUT2D eigenvalue weighted by molar-refractivity contribution is 5.70. The maximum atomic E-state index is 4.48. The fourth-order valence-electron chi connectivity index (χ4n) is 4.46. The quantitative estimate of drug-likeness (QED) is 0.681. The van der Waals surface area contributed by atoms with Crippen LogP contribution in [0.4, 0.5) is 5.69 Å². The molecule has 1 aliphatic carbocycles. The lowest BCUT2D eigenvalue weighted by molar-refractivity contribution is 0.247. The van der Waals surface area contributed by atoms with Crippen LogP contribution in [-0.2, 0) is 13.0 Å². The van der Waals surface area contributed by atoms with Crippen LogP contribution in [0.2, 0.25) is 0 Å². The van der Waals surface area contributed by atoms with Gasteiger partial charge in [-0.1, -0.05) is 54.6 Å². The van der Waals surface area contributed by atoms with E-state index < -0.39 is 0 Å². The van der Waals surface area contributed by atoms with E-state index in [1.807, 2.05) is 0 Å². The molecule has 0 amide bonds. The number of rotatable bonds is 4. The molecule has 2 heteroatoms. The Balaban J connectivity index is 1.48. The molecule has 2 aromatic carbocycles. The third-order valence-corrected chi connectivity index (χ3v) is 6.07. The van der Waals surface area contributed by atoms with Crippen molar-refractivity contribution in [1.29, 1.82) is 0 Å². The van der Waals surface area contributed by atoms with Gasteiger partial charge in [0.2, 0.25) is 0 Å². The minimum absolute atomic E-state index is 0.625. The molecule has 1 fully saturated rings. The van der Waals surface area contributed by atoms with Gasteiger partial charge in [0.1, 0.15) is 0 Å². The lowest BCUT2D eigenvalue weighted by atomic mass is 9.88. The summed E-state index contributed by atoms with van der Waals surface area (Å²) in [7, 11) is 0. The molecule has 0 saturated heterocycles. The minimum atomic E-state index is 0.625. The average Bonchev–Trinajstić information content (AvgIpc) is 2.68. The Morgan fingerprint density at radius 1 is 1.04 bits per heavy atom. The first-order chi connectivity index (χ1) is 13.1. The van der Waals surface area contributed by atoms with E-state index in [-0.39, 0.29) is 0 Å². The lowest BCUT2D eigenvalue weighted by Crippen LogP contribution is -2.39. The maximum absolute atomic E-state index is 4.48. The van der Waals surface area contributed by atoms with Crippen LogP contribution in [0.15, 0.2) is 61.2 Å². The van der Waals surface area contributed by atoms with E-state index in [9.17, 15) is 0 Å². The van der Waals surface area contributed by atoms with E-state index in [4.69, 9.17) is 0 Å². The zero-order valence-electron chi connectivity index (χ0n) is 16.4. The van der Waals surface area contributed by atoms with Crippen LogP contribution in [0.5, 0.6) is 0 Å². The predicted octanol–water partition coefficient (Wildman–Crippen LogP) is 5.93. The fourth-order valence-corrected chi connectivity index (χ4v) is 4.46. The van der Waals surface area contributed by atoms with Crippen molar-refractivity contribution in [3.05, 3.63) is 83.4 Å². The Bertz CT molecular complexity index is 854. The van der Waals surface area contributed by atoms with Crippen LogP contribution in [0, 0.1) is 6.92 Å². The summed E-state index contributed by atoms with van der Waals surface area (Å²) >= 11 is 0. The Morgan fingerprint density at radius 2 is 1.85 bits per heavy atom. The van der Waals surface area contributed by atoms with E-state index in [1.54, 1.807) is 0 Å². The molecule has 0 bridgehead atoms. The number of benzene rings is 2. The topological polar surface area (TPSA) is 15.3 Å². The second-order valence-electron chi connectivity index (χ2n) is 8.09. The van der Waals surface area contributed by atoms with E-state index in [2.05, 4.69) is 72.8 Å². The number of allylic oxidation sites excluding steroid dienone is 1. The number of nitrogens with zero attached hydrogens (tertiary/aromatic N) is 1. The molecule has 140 valence electrons. The highest BCUT2D eigenvalue weighted by Gasteiger charge is 2.27. The van der Waals surface area contributed by atoms with Gasteiger partial charge in [-0.25, -0.2) is 0 Å². The highest BCUT2D eigenvalue weighted by atomic mass is 15.2. The first kappa shape index (κ1) is 17.9. The molecule has 1 heterocycles. The molecule has 1 aliphatic heterocycles. The maximum Gasteiger partial charge on any atom is 0.0400 e. The zero-order chi connectivity index (χ0) is 18.8. The van der Waals surface area contributed by atoms with Crippen molar-refractivity contribution in [3.8, 4) is 0 Å². The van der Waals surface area contributed by atoms with E-state index in [0.717, 1.165) is 19.5 Å². The van der Waals surface area contributed by atoms with Crippen LogP contribution in [0.3, 0.4) is 0 Å². The molecule has 2 aromatic rings. The second-order valence-corrected chi connectivity index (χ2v) is 8.09. The van der Waals surface area contributed by atoms with Crippen molar-refractivity contribution in [1.82, 2.24) is 4.90 Å². The number of nitrogens with one attached hydrogen (secondary N) is 1. The van der Waals surface area contributed by atoms with Crippen LogP contribution in [-0.4, -0.2) is 17.5 Å². The monoisotopic (exact) mass is 358 g/mol. The number of fused-ring (bicyclic) bond motifs is 1. The summed E-state index contributed by atoms with van der Waals surface area (Å²) in [5.41, 5.74) is 9.16. The fraction of sp³-hybridized carbons (Fsp3) is 0.360. The molecule has 27 heavy (non-hydrogen) atoms. The number of aryl methyl sites for hydroxylation is 1. The summed E-state index contributed by atoms with van der Waals surface area (Å²) in [6.07, 6.45) is 5.89. The molecule has 4 rings (SSSR count). The Hall–Kier alpha value is -2.48. The summed E-state index contributed by atoms with van der Waals surface area (Å²) in [5.74, 6) is 0. The molecule has 0 unspecified atom stereocenters. The van der Waals surface area contributed by atoms with Gasteiger partial charge in [-0.2, -0.15) is 0 Å². The predicted molar refractivity (Wildman–Crippen MR) is 116 cm³/mol. The largest absolute Gasteiger partial charge is 0.381 e. The summed E-state index contributed by atoms with van der Waals surface area (Å²) in [5, 5.41) is 3.59. The van der Waals surface area contributed by atoms with Gasteiger partial charge in [-0.15, -0.1) is 0 Å². The molecular weight excluding hydrogens is 328 g/mol. The molecule has 2 nitrogen and oxygen atoms in total. The number of anilines is 1. The molecule has 0 radical (unpaired) electrons. The van der Waals surface area contributed by atoms with Gasteiger partial charge in [0.25, 0.3) is 0 Å². The van der Waals surface area contributed by atoms with Gasteiger partial charge in [-0.05, 0) is 62.3 Å². The SMILES string of the molecule is C=C1CCC(N2CCc3ccc(NCc4cccc(C)c4)cc3C2=C)CC1. The van der Waals surface area contributed by atoms with Crippen LogP contribution >= 0.6 is 0 Å². The summed E-state index contributed by atoms with van der Waals surface area (Å²) in [6, 6.07) is 16.1. The summed E-state index contributed by atoms with van der Waals surface area (Å²) < 4.78 is 0. The Labute approximate surface area is 163 Å². The third-order valence-electron chi connectivity index (χ3n) is 6.07. The molecule has 0 spiro atoms. The van der Waals surface area contributed by atoms with Gasteiger partial charge < -0.3 is 10.2 Å². The van der Waals surface area contributed by atoms with E-state index >= 15 is 0 Å². The number of hydrogen-bond donors (Lipinski definition) is 1.